The number of Topliss-reactive ketones (excluding diaryl/α,β-unsaturated/α-hetero) is 1. The second kappa shape index (κ2) is 13.8. The van der Waals surface area contributed by atoms with Crippen molar-refractivity contribution in [1.29, 1.82) is 0 Å². The number of fused-ring (bicyclic) bond motifs is 1. The Morgan fingerprint density at radius 1 is 0.692 bits per heavy atom. The van der Waals surface area contributed by atoms with Crippen LogP contribution in [0.5, 0.6) is 0 Å². The van der Waals surface area contributed by atoms with E-state index in [-0.39, 0.29) is 17.0 Å². The minimum Gasteiger partial charge on any atom is -0.478 e. The van der Waals surface area contributed by atoms with Gasteiger partial charge in [0.25, 0.3) is 30.4 Å². The van der Waals surface area contributed by atoms with Crippen LogP contribution in [0, 0.1) is 0 Å². The monoisotopic (exact) mass is 771 g/mol. The van der Waals surface area contributed by atoms with Gasteiger partial charge in [0.1, 0.15) is 32.5 Å². The topological polar surface area (TPSA) is 334 Å². The number of nitrogens with zero attached hydrogens (tertiary/aromatic N) is 4. The van der Waals surface area contributed by atoms with Crippen LogP contribution in [0.15, 0.2) is 114 Å². The number of hydrazone groups is 2. The molecule has 0 aromatic heterocycles. The van der Waals surface area contributed by atoms with Crippen molar-refractivity contribution in [2.24, 2.45) is 20.4 Å². The molecule has 0 unspecified atom stereocenters. The number of nitrogens with two attached hydrogens (primary N) is 1. The third-order valence-corrected chi connectivity index (χ3v) is 9.61. The van der Waals surface area contributed by atoms with Crippen molar-refractivity contribution in [2.75, 3.05) is 16.6 Å². The summed E-state index contributed by atoms with van der Waals surface area (Å²) in [7, 11) is -15.0. The van der Waals surface area contributed by atoms with Crippen LogP contribution in [-0.4, -0.2) is 73.0 Å². The predicted molar refractivity (Wildman–Crippen MR) is 183 cm³/mol. The molecule has 0 aliphatic heterocycles. The molecule has 3 aromatic rings. The number of carbonyl (C=O) groups excluding carboxylic acids is 2. The minimum atomic E-state index is -5.07. The van der Waals surface area contributed by atoms with E-state index >= 15 is 0 Å². The summed E-state index contributed by atoms with van der Waals surface area (Å²) in [6.45, 7) is 0. The van der Waals surface area contributed by atoms with Crippen molar-refractivity contribution in [3.05, 3.63) is 89.5 Å². The molecule has 0 heterocycles. The number of nitrogen functional groups attached to an aromatic ring is 1. The maximum absolute atomic E-state index is 13.5. The van der Waals surface area contributed by atoms with Crippen LogP contribution in [-0.2, 0) is 39.9 Å². The molecule has 5 rings (SSSR count). The van der Waals surface area contributed by atoms with Crippen molar-refractivity contribution in [3.63, 3.8) is 0 Å². The molecule has 52 heavy (non-hydrogen) atoms. The molecule has 268 valence electrons. The van der Waals surface area contributed by atoms with Crippen LogP contribution in [0.2, 0.25) is 0 Å². The highest BCUT2D eigenvalue weighted by molar-refractivity contribution is 7.86. The van der Waals surface area contributed by atoms with Gasteiger partial charge in [0.15, 0.2) is 5.78 Å². The first-order valence-electron chi connectivity index (χ1n) is 13.9. The maximum atomic E-state index is 13.5. The second-order valence-electron chi connectivity index (χ2n) is 10.4. The lowest BCUT2D eigenvalue weighted by Crippen LogP contribution is -2.21. The maximum Gasteiger partial charge on any atom is 0.339 e. The summed E-state index contributed by atoms with van der Waals surface area (Å²) in [5.74, 6) is -3.04. The van der Waals surface area contributed by atoms with Gasteiger partial charge >= 0.3 is 5.97 Å². The molecule has 23 heteroatoms. The van der Waals surface area contributed by atoms with E-state index in [2.05, 4.69) is 31.3 Å². The molecule has 0 saturated heterocycles. The Labute approximate surface area is 292 Å². The molecule has 0 atom stereocenters. The van der Waals surface area contributed by atoms with Crippen LogP contribution >= 0.6 is 0 Å². The molecule has 0 amide bonds. The molecular formula is C29H21N7O13S3. The molecule has 3 aromatic carbocycles. The van der Waals surface area contributed by atoms with E-state index in [1.165, 1.54) is 30.3 Å². The van der Waals surface area contributed by atoms with E-state index in [0.717, 1.165) is 24.3 Å². The highest BCUT2D eigenvalue weighted by atomic mass is 32.2. The van der Waals surface area contributed by atoms with Crippen LogP contribution < -0.4 is 16.6 Å². The molecule has 0 spiro atoms. The second-order valence-corrected chi connectivity index (χ2v) is 14.6. The number of hydrogen-bond acceptors (Lipinski definition) is 16. The zero-order chi connectivity index (χ0) is 38.2. The number of ketones is 2. The summed E-state index contributed by atoms with van der Waals surface area (Å²) in [6, 6.07) is 8.58. The summed E-state index contributed by atoms with van der Waals surface area (Å²) in [5.41, 5.74) is 8.82. The fourth-order valence-electron chi connectivity index (χ4n) is 4.53. The molecule has 8 N–H and O–H groups in total. The summed E-state index contributed by atoms with van der Waals surface area (Å²) >= 11 is 0. The van der Waals surface area contributed by atoms with Gasteiger partial charge in [-0.25, -0.2) is 4.79 Å². The zero-order valence-corrected chi connectivity index (χ0v) is 28.0. The summed E-state index contributed by atoms with van der Waals surface area (Å²) in [6.07, 6.45) is 5.73. The number of azo groups is 1. The average Bonchev–Trinajstić information content (AvgIpc) is 3.06. The molecule has 20 nitrogen and oxygen atoms in total. The molecule has 2 aliphatic rings. The van der Waals surface area contributed by atoms with Crippen molar-refractivity contribution >= 4 is 93.8 Å². The predicted octanol–water partition coefficient (Wildman–Crippen LogP) is 3.02. The summed E-state index contributed by atoms with van der Waals surface area (Å²) < 4.78 is 100. The van der Waals surface area contributed by atoms with Crippen LogP contribution in [0.4, 0.5) is 28.4 Å². The standard InChI is InChI=1S/C29H21N7O13S3/c30-27-22(36-35-21-12-17(50(41,42)43)6-10-24(21)51(44,45)46)13-25(52(47,48)49)18-7-8-20(28(38)26(18)27)34-32-15-3-1-14(2-4-15)31-33-16-5-9-23(37)19(11-16)29(39)40/h1-13,31-32H,30H2,(H,39,40)(H,41,42,43)(H,44,45,46)(H,47,48,49). The van der Waals surface area contributed by atoms with Crippen molar-refractivity contribution in [3.8, 4) is 0 Å². The number of carboxylic acids is 1. The quantitative estimate of drug-likeness (QED) is 0.0389. The van der Waals surface area contributed by atoms with Gasteiger partial charge < -0.3 is 10.8 Å². The lowest BCUT2D eigenvalue weighted by Gasteiger charge is -2.17. The SMILES string of the molecule is Nc1c(N=Nc2cc(S(=O)(=O)O)ccc2S(=O)(=O)O)cc(S(=O)(=O)O)c2c1C(=O)C(=NNc1ccc(NN=C3C=CC(=O)C(C(=O)O)=C3)cc1)C=C2. The largest absolute Gasteiger partial charge is 0.478 e. The molecule has 2 aliphatic carbocycles. The number of nitrogens with one attached hydrogen (secondary N) is 2. The van der Waals surface area contributed by atoms with E-state index in [9.17, 15) is 53.3 Å². The lowest BCUT2D eigenvalue weighted by atomic mass is 9.92. The fraction of sp³-hybridized carbons (Fsp3) is 0. The van der Waals surface area contributed by atoms with Gasteiger partial charge in [-0.1, -0.05) is 6.08 Å². The van der Waals surface area contributed by atoms with Gasteiger partial charge in [-0.05, 0) is 72.8 Å². The van der Waals surface area contributed by atoms with Gasteiger partial charge in [-0.2, -0.15) is 35.5 Å². The van der Waals surface area contributed by atoms with E-state index in [1.807, 2.05) is 0 Å². The van der Waals surface area contributed by atoms with Gasteiger partial charge in [0.2, 0.25) is 5.78 Å². The lowest BCUT2D eigenvalue weighted by molar-refractivity contribution is -0.134. The van der Waals surface area contributed by atoms with Gasteiger partial charge in [-0.15, -0.1) is 10.2 Å². The molecule has 0 fully saturated rings. The zero-order valence-electron chi connectivity index (χ0n) is 25.6. The highest BCUT2D eigenvalue weighted by Crippen LogP contribution is 2.39. The first-order chi connectivity index (χ1) is 24.2. The van der Waals surface area contributed by atoms with Crippen molar-refractivity contribution in [1.82, 2.24) is 0 Å². The highest BCUT2D eigenvalue weighted by Gasteiger charge is 2.31. The number of rotatable bonds is 10. The average molecular weight is 772 g/mol. The summed E-state index contributed by atoms with van der Waals surface area (Å²) in [4.78, 5) is 33.7. The number of hydrogen-bond donors (Lipinski definition) is 7. The third kappa shape index (κ3) is 8.04. The first-order valence-corrected chi connectivity index (χ1v) is 18.2. The third-order valence-electron chi connectivity index (χ3n) is 6.96. The first kappa shape index (κ1) is 37.0. The smallest absolute Gasteiger partial charge is 0.339 e. The van der Waals surface area contributed by atoms with E-state index in [4.69, 9.17) is 10.8 Å². The number of carbonyl (C=O) groups is 3. The Kier molecular flexibility index (Phi) is 9.84. The van der Waals surface area contributed by atoms with E-state index in [1.54, 1.807) is 0 Å². The van der Waals surface area contributed by atoms with Crippen molar-refractivity contribution in [2.45, 2.75) is 14.7 Å². The van der Waals surface area contributed by atoms with Crippen LogP contribution in [0.25, 0.3) is 6.08 Å². The Bertz CT molecular complexity index is 2610. The minimum absolute atomic E-state index is 0.170. The number of benzene rings is 3. The normalized spacial score (nSPS) is 16.3. The Hall–Kier alpha value is -6.24. The fourth-order valence-corrected chi connectivity index (χ4v) is 6.34. The number of aliphatic carboxylic acids is 1. The van der Waals surface area contributed by atoms with Gasteiger partial charge in [0, 0.05) is 5.56 Å². The Morgan fingerprint density at radius 2 is 1.29 bits per heavy atom. The molecule has 0 bridgehead atoms. The summed E-state index contributed by atoms with van der Waals surface area (Å²) in [5, 5.41) is 24.4. The van der Waals surface area contributed by atoms with E-state index < -0.39 is 90.8 Å². The Morgan fingerprint density at radius 3 is 1.87 bits per heavy atom. The molecule has 0 saturated carbocycles. The number of carboxylic acid groups (broad SMARTS) is 1. The van der Waals surface area contributed by atoms with Crippen LogP contribution in [0.3, 0.4) is 0 Å². The van der Waals surface area contributed by atoms with Gasteiger partial charge in [0.05, 0.1) is 33.2 Å². The molecule has 0 radical (unpaired) electrons. The van der Waals surface area contributed by atoms with Crippen molar-refractivity contribution < 1.29 is 58.4 Å². The Balaban J connectivity index is 1.44. The van der Waals surface area contributed by atoms with Gasteiger partial charge in [-0.3, -0.25) is 34.1 Å². The van der Waals surface area contributed by atoms with E-state index in [0.29, 0.717) is 35.6 Å². The number of allylic oxidation sites excluding steroid dienone is 4. The van der Waals surface area contributed by atoms with Crippen LogP contribution in [0.1, 0.15) is 15.9 Å². The number of anilines is 3. The molecular weight excluding hydrogens is 751 g/mol.